The van der Waals surface area contributed by atoms with E-state index in [4.69, 9.17) is 14.6 Å². The average molecular weight is 278 g/mol. The monoisotopic (exact) mass is 278 g/mol. The first kappa shape index (κ1) is 13.7. The van der Waals surface area contributed by atoms with E-state index in [0.717, 1.165) is 0 Å². The fourth-order valence-electron chi connectivity index (χ4n) is 1.90. The molecule has 0 fully saturated rings. The Bertz CT molecular complexity index is 582. The maximum absolute atomic E-state index is 11.5. The highest BCUT2D eigenvalue weighted by Crippen LogP contribution is 2.31. The maximum atomic E-state index is 11.5. The van der Waals surface area contributed by atoms with Gasteiger partial charge >= 0.3 is 12.0 Å². The Morgan fingerprint density at radius 3 is 2.55 bits per heavy atom. The second kappa shape index (κ2) is 5.52. The molecule has 0 unspecified atom stereocenters. The number of carboxylic acid groups (broad SMARTS) is 1. The van der Waals surface area contributed by atoms with Gasteiger partial charge in [0.05, 0.1) is 20.3 Å². The molecule has 1 aromatic rings. The van der Waals surface area contributed by atoms with Crippen LogP contribution in [0.5, 0.6) is 11.5 Å². The van der Waals surface area contributed by atoms with Gasteiger partial charge in [0.2, 0.25) is 0 Å². The van der Waals surface area contributed by atoms with Gasteiger partial charge in [-0.25, -0.2) is 9.59 Å². The smallest absolute Gasteiger partial charge is 0.352 e. The lowest BCUT2D eigenvalue weighted by Crippen LogP contribution is -2.43. The van der Waals surface area contributed by atoms with Gasteiger partial charge in [-0.05, 0) is 23.8 Å². The van der Waals surface area contributed by atoms with Crippen molar-refractivity contribution in [3.63, 3.8) is 0 Å². The molecular weight excluding hydrogens is 264 g/mol. The van der Waals surface area contributed by atoms with Crippen molar-refractivity contribution < 1.29 is 24.2 Å². The zero-order valence-corrected chi connectivity index (χ0v) is 11.0. The SMILES string of the molecule is COc1ccc([C@H]2C=C(C(=O)O)NC(=O)N2)cc1OC. The van der Waals surface area contributed by atoms with Crippen molar-refractivity contribution in [1.82, 2.24) is 10.6 Å². The first-order valence-electron chi connectivity index (χ1n) is 5.79. The molecule has 2 rings (SSSR count). The molecule has 7 heteroatoms. The number of nitrogens with one attached hydrogen (secondary N) is 2. The maximum Gasteiger partial charge on any atom is 0.352 e. The zero-order chi connectivity index (χ0) is 14.7. The Balaban J connectivity index is 2.37. The van der Waals surface area contributed by atoms with Crippen molar-refractivity contribution in [1.29, 1.82) is 0 Å². The number of hydrogen-bond acceptors (Lipinski definition) is 4. The molecule has 0 spiro atoms. The zero-order valence-electron chi connectivity index (χ0n) is 11.0. The molecule has 7 nitrogen and oxygen atoms in total. The van der Waals surface area contributed by atoms with Crippen molar-refractivity contribution in [3.05, 3.63) is 35.5 Å². The number of aliphatic carboxylic acids is 1. The van der Waals surface area contributed by atoms with Gasteiger partial charge in [0, 0.05) is 0 Å². The number of carbonyl (C=O) groups excluding carboxylic acids is 1. The van der Waals surface area contributed by atoms with Crippen LogP contribution in [0.3, 0.4) is 0 Å². The molecule has 0 saturated heterocycles. The van der Waals surface area contributed by atoms with Crippen molar-refractivity contribution in [2.24, 2.45) is 0 Å². The van der Waals surface area contributed by atoms with E-state index < -0.39 is 18.0 Å². The number of carbonyl (C=O) groups is 2. The van der Waals surface area contributed by atoms with Crippen molar-refractivity contribution >= 4 is 12.0 Å². The number of carboxylic acids is 1. The van der Waals surface area contributed by atoms with Gasteiger partial charge in [0.25, 0.3) is 0 Å². The van der Waals surface area contributed by atoms with Gasteiger partial charge in [-0.1, -0.05) is 6.07 Å². The third-order valence-corrected chi connectivity index (χ3v) is 2.87. The van der Waals surface area contributed by atoms with E-state index in [1.54, 1.807) is 18.2 Å². The summed E-state index contributed by atoms with van der Waals surface area (Å²) in [4.78, 5) is 22.4. The summed E-state index contributed by atoms with van der Waals surface area (Å²) in [5.74, 6) is -0.132. The van der Waals surface area contributed by atoms with Gasteiger partial charge in [-0.2, -0.15) is 0 Å². The first-order chi connectivity index (χ1) is 9.55. The molecule has 0 bridgehead atoms. The quantitative estimate of drug-likeness (QED) is 0.764. The van der Waals surface area contributed by atoms with E-state index in [9.17, 15) is 9.59 Å². The Labute approximate surface area is 115 Å². The van der Waals surface area contributed by atoms with Crippen LogP contribution in [-0.2, 0) is 4.79 Å². The third-order valence-electron chi connectivity index (χ3n) is 2.87. The van der Waals surface area contributed by atoms with E-state index in [-0.39, 0.29) is 5.70 Å². The summed E-state index contributed by atoms with van der Waals surface area (Å²) in [5, 5.41) is 13.8. The minimum atomic E-state index is -1.19. The van der Waals surface area contributed by atoms with E-state index in [0.29, 0.717) is 17.1 Å². The predicted octanol–water partition coefficient (Wildman–Crippen LogP) is 1.03. The van der Waals surface area contributed by atoms with Crippen LogP contribution < -0.4 is 20.1 Å². The summed E-state index contributed by atoms with van der Waals surface area (Å²) in [5.41, 5.74) is 0.532. The lowest BCUT2D eigenvalue weighted by Gasteiger charge is -2.22. The van der Waals surface area contributed by atoms with Crippen LogP contribution in [0.1, 0.15) is 11.6 Å². The number of methoxy groups -OCH3 is 2. The van der Waals surface area contributed by atoms with Crippen molar-refractivity contribution in [2.45, 2.75) is 6.04 Å². The second-order valence-corrected chi connectivity index (χ2v) is 4.08. The highest BCUT2D eigenvalue weighted by molar-refractivity contribution is 5.93. The van der Waals surface area contributed by atoms with Crippen LogP contribution in [0.25, 0.3) is 0 Å². The number of urea groups is 1. The molecule has 1 atom stereocenters. The number of amides is 2. The third kappa shape index (κ3) is 2.66. The lowest BCUT2D eigenvalue weighted by molar-refractivity contribution is -0.133. The Kier molecular flexibility index (Phi) is 3.79. The van der Waals surface area contributed by atoms with Gasteiger partial charge in [0.1, 0.15) is 5.70 Å². The van der Waals surface area contributed by atoms with Gasteiger partial charge < -0.3 is 25.2 Å². The summed E-state index contributed by atoms with van der Waals surface area (Å²) >= 11 is 0. The lowest BCUT2D eigenvalue weighted by atomic mass is 10.0. The molecule has 0 saturated carbocycles. The molecule has 1 heterocycles. The molecule has 106 valence electrons. The van der Waals surface area contributed by atoms with Crippen LogP contribution in [0, 0.1) is 0 Å². The molecule has 1 aromatic carbocycles. The summed E-state index contributed by atoms with van der Waals surface area (Å²) < 4.78 is 10.3. The van der Waals surface area contributed by atoms with E-state index >= 15 is 0 Å². The predicted molar refractivity (Wildman–Crippen MR) is 69.7 cm³/mol. The van der Waals surface area contributed by atoms with Gasteiger partial charge in [0.15, 0.2) is 11.5 Å². The molecule has 20 heavy (non-hydrogen) atoms. The van der Waals surface area contributed by atoms with E-state index in [1.165, 1.54) is 20.3 Å². The minimum absolute atomic E-state index is 0.159. The van der Waals surface area contributed by atoms with Crippen LogP contribution in [-0.4, -0.2) is 31.3 Å². The van der Waals surface area contributed by atoms with Crippen LogP contribution in [0.2, 0.25) is 0 Å². The average Bonchev–Trinajstić information content (AvgIpc) is 2.45. The molecule has 1 aliphatic heterocycles. The van der Waals surface area contributed by atoms with Crippen LogP contribution >= 0.6 is 0 Å². The summed E-state index contributed by atoms with van der Waals surface area (Å²) in [6.07, 6.45) is 1.42. The number of hydrogen-bond donors (Lipinski definition) is 3. The normalized spacial score (nSPS) is 17.6. The number of benzene rings is 1. The highest BCUT2D eigenvalue weighted by atomic mass is 16.5. The molecule has 0 radical (unpaired) electrons. The summed E-state index contributed by atoms with van der Waals surface area (Å²) in [6, 6.07) is 3.99. The molecule has 1 aliphatic rings. The highest BCUT2D eigenvalue weighted by Gasteiger charge is 2.23. The largest absolute Gasteiger partial charge is 0.493 e. The topological polar surface area (TPSA) is 96.9 Å². The molecule has 0 aliphatic carbocycles. The molecule has 0 aromatic heterocycles. The molecule has 2 amide bonds. The van der Waals surface area contributed by atoms with E-state index in [1.807, 2.05) is 0 Å². The fourth-order valence-corrected chi connectivity index (χ4v) is 1.90. The number of ether oxygens (including phenoxy) is 2. The van der Waals surface area contributed by atoms with Crippen LogP contribution in [0.15, 0.2) is 30.0 Å². The summed E-state index contributed by atoms with van der Waals surface area (Å²) in [6.45, 7) is 0. The standard InChI is InChI=1S/C13H14N2O5/c1-19-10-4-3-7(5-11(10)20-2)8-6-9(12(16)17)15-13(18)14-8/h3-6,8H,1-2H3,(H,16,17)(H2,14,15,18)/t8-/m1/s1. The van der Waals surface area contributed by atoms with E-state index in [2.05, 4.69) is 10.6 Å². The first-order valence-corrected chi connectivity index (χ1v) is 5.79. The van der Waals surface area contributed by atoms with Gasteiger partial charge in [-0.15, -0.1) is 0 Å². The molecule has 3 N–H and O–H groups in total. The van der Waals surface area contributed by atoms with Crippen molar-refractivity contribution in [2.75, 3.05) is 14.2 Å². The Hall–Kier alpha value is -2.70. The van der Waals surface area contributed by atoms with Crippen molar-refractivity contribution in [3.8, 4) is 11.5 Å². The number of rotatable bonds is 4. The fraction of sp³-hybridized carbons (Fsp3) is 0.231. The van der Waals surface area contributed by atoms with Crippen LogP contribution in [0.4, 0.5) is 4.79 Å². The molecular formula is C13H14N2O5. The van der Waals surface area contributed by atoms with Gasteiger partial charge in [-0.3, -0.25) is 0 Å². The second-order valence-electron chi connectivity index (χ2n) is 4.08. The Morgan fingerprint density at radius 1 is 1.25 bits per heavy atom. The minimum Gasteiger partial charge on any atom is -0.493 e. The summed E-state index contributed by atoms with van der Waals surface area (Å²) in [7, 11) is 3.02. The Morgan fingerprint density at radius 2 is 1.95 bits per heavy atom.